The summed E-state index contributed by atoms with van der Waals surface area (Å²) in [4.78, 5) is 24.5. The van der Waals surface area contributed by atoms with Crippen molar-refractivity contribution in [1.29, 1.82) is 0 Å². The molecule has 1 atom stereocenters. The Balaban J connectivity index is 2.63. The zero-order chi connectivity index (χ0) is 14.3. The molecule has 0 aromatic carbocycles. The van der Waals surface area contributed by atoms with Crippen LogP contribution < -0.4 is 10.6 Å². The monoisotopic (exact) mass is 280 g/mol. The second-order valence-corrected chi connectivity index (χ2v) is 4.80. The van der Waals surface area contributed by atoms with E-state index in [1.165, 1.54) is 11.3 Å². The highest BCUT2D eigenvalue weighted by Gasteiger charge is 2.16. The van der Waals surface area contributed by atoms with E-state index in [1.807, 2.05) is 6.92 Å². The van der Waals surface area contributed by atoms with Gasteiger partial charge in [-0.1, -0.05) is 11.8 Å². The van der Waals surface area contributed by atoms with Gasteiger partial charge in [0.1, 0.15) is 12.6 Å². The van der Waals surface area contributed by atoms with Crippen molar-refractivity contribution in [2.24, 2.45) is 0 Å². The molecule has 102 valence electrons. The van der Waals surface area contributed by atoms with Gasteiger partial charge in [-0.05, 0) is 26.0 Å². The third-order valence-corrected chi connectivity index (χ3v) is 3.21. The van der Waals surface area contributed by atoms with E-state index < -0.39 is 6.04 Å². The molecule has 0 saturated carbocycles. The first-order valence-corrected chi connectivity index (χ1v) is 6.68. The number of nitrogens with one attached hydrogen (secondary N) is 2. The number of carbonyl (C=O) groups excluding carboxylic acids is 2. The number of carbonyl (C=O) groups is 2. The summed E-state index contributed by atoms with van der Waals surface area (Å²) in [5.41, 5.74) is 0. The molecule has 1 unspecified atom stereocenters. The fraction of sp³-hybridized carbons (Fsp3) is 0.385. The molecule has 1 aromatic heterocycles. The van der Waals surface area contributed by atoms with E-state index in [2.05, 4.69) is 22.5 Å². The van der Waals surface area contributed by atoms with Crippen LogP contribution in [0.4, 0.5) is 0 Å². The summed E-state index contributed by atoms with van der Waals surface area (Å²) in [5, 5.41) is 13.8. The number of aliphatic hydroxyl groups is 1. The number of hydrogen-bond acceptors (Lipinski definition) is 4. The molecule has 0 saturated heterocycles. The van der Waals surface area contributed by atoms with E-state index in [9.17, 15) is 9.59 Å². The normalized spacial score (nSPS) is 11.1. The van der Waals surface area contributed by atoms with Gasteiger partial charge in [0, 0.05) is 6.54 Å². The molecule has 6 heteroatoms. The first-order chi connectivity index (χ1) is 9.08. The lowest BCUT2D eigenvalue weighted by Crippen LogP contribution is -2.44. The predicted octanol–water partition coefficient (Wildman–Crippen LogP) is 0.346. The Bertz CT molecular complexity index is 513. The molecule has 0 spiro atoms. The third-order valence-electron chi connectivity index (χ3n) is 2.21. The van der Waals surface area contributed by atoms with Crippen molar-refractivity contribution >= 4 is 23.2 Å². The largest absolute Gasteiger partial charge is 0.384 e. The standard InChI is InChI=1S/C13H16N2O3S/c1-3-14-12(17)9(2)15-13(18)11-7-6-10(19-11)5-4-8-16/h6-7,9,16H,3,8H2,1-2H3,(H,14,17)(H,15,18). The number of thiophene rings is 1. The molecule has 0 aliphatic rings. The van der Waals surface area contributed by atoms with E-state index in [0.717, 1.165) is 0 Å². The zero-order valence-corrected chi connectivity index (χ0v) is 11.6. The average Bonchev–Trinajstić information content (AvgIpc) is 2.85. The Hall–Kier alpha value is -1.84. The van der Waals surface area contributed by atoms with Crippen molar-refractivity contribution in [1.82, 2.24) is 10.6 Å². The maximum absolute atomic E-state index is 11.9. The van der Waals surface area contributed by atoms with E-state index >= 15 is 0 Å². The van der Waals surface area contributed by atoms with Crippen LogP contribution in [0.3, 0.4) is 0 Å². The average molecular weight is 280 g/mol. The van der Waals surface area contributed by atoms with Crippen LogP contribution in [0.1, 0.15) is 28.4 Å². The Morgan fingerprint density at radius 3 is 2.84 bits per heavy atom. The highest BCUT2D eigenvalue weighted by molar-refractivity contribution is 7.14. The molecule has 1 rings (SSSR count). The first kappa shape index (κ1) is 15.2. The highest BCUT2D eigenvalue weighted by atomic mass is 32.1. The van der Waals surface area contributed by atoms with Gasteiger partial charge in [-0.25, -0.2) is 0 Å². The Morgan fingerprint density at radius 1 is 1.47 bits per heavy atom. The Labute approximate surface area is 116 Å². The molecule has 19 heavy (non-hydrogen) atoms. The number of likely N-dealkylation sites (N-methyl/N-ethyl adjacent to an activating group) is 1. The zero-order valence-electron chi connectivity index (χ0n) is 10.8. The molecular weight excluding hydrogens is 264 g/mol. The quantitative estimate of drug-likeness (QED) is 0.696. The minimum Gasteiger partial charge on any atom is -0.384 e. The summed E-state index contributed by atoms with van der Waals surface area (Å²) < 4.78 is 0. The predicted molar refractivity (Wildman–Crippen MR) is 73.9 cm³/mol. The topological polar surface area (TPSA) is 78.4 Å². The van der Waals surface area contributed by atoms with Crippen molar-refractivity contribution in [3.63, 3.8) is 0 Å². The lowest BCUT2D eigenvalue weighted by atomic mass is 10.3. The van der Waals surface area contributed by atoms with Crippen molar-refractivity contribution in [2.75, 3.05) is 13.2 Å². The fourth-order valence-electron chi connectivity index (χ4n) is 1.31. The van der Waals surface area contributed by atoms with Gasteiger partial charge < -0.3 is 15.7 Å². The molecule has 3 N–H and O–H groups in total. The van der Waals surface area contributed by atoms with Crippen LogP contribution in [-0.2, 0) is 4.79 Å². The lowest BCUT2D eigenvalue weighted by molar-refractivity contribution is -0.122. The second kappa shape index (κ2) is 7.56. The van der Waals surface area contributed by atoms with Crippen LogP contribution in [0.15, 0.2) is 12.1 Å². The van der Waals surface area contributed by atoms with Crippen LogP contribution in [0.2, 0.25) is 0 Å². The van der Waals surface area contributed by atoms with Gasteiger partial charge in [0.05, 0.1) is 9.75 Å². The number of aliphatic hydroxyl groups excluding tert-OH is 1. The summed E-state index contributed by atoms with van der Waals surface area (Å²) in [6.45, 7) is 3.76. The summed E-state index contributed by atoms with van der Waals surface area (Å²) in [6, 6.07) is 2.77. The molecule has 0 bridgehead atoms. The number of rotatable bonds is 4. The number of hydrogen-bond donors (Lipinski definition) is 3. The van der Waals surface area contributed by atoms with E-state index in [4.69, 9.17) is 5.11 Å². The van der Waals surface area contributed by atoms with Crippen LogP contribution in [0.25, 0.3) is 0 Å². The summed E-state index contributed by atoms with van der Waals surface area (Å²) in [6.07, 6.45) is 0. The SMILES string of the molecule is CCNC(=O)C(C)NC(=O)c1ccc(C#CCO)s1. The Kier molecular flexibility index (Phi) is 6.06. The van der Waals surface area contributed by atoms with Gasteiger partial charge in [-0.15, -0.1) is 11.3 Å². The van der Waals surface area contributed by atoms with Gasteiger partial charge in [0.15, 0.2) is 0 Å². The van der Waals surface area contributed by atoms with Crippen LogP contribution in [0, 0.1) is 11.8 Å². The molecule has 0 aliphatic carbocycles. The highest BCUT2D eigenvalue weighted by Crippen LogP contribution is 2.15. The minimum atomic E-state index is -0.582. The molecule has 0 radical (unpaired) electrons. The van der Waals surface area contributed by atoms with Crippen molar-refractivity contribution in [2.45, 2.75) is 19.9 Å². The lowest BCUT2D eigenvalue weighted by Gasteiger charge is -2.12. The second-order valence-electron chi connectivity index (χ2n) is 3.71. The summed E-state index contributed by atoms with van der Waals surface area (Å²) >= 11 is 1.22. The molecule has 5 nitrogen and oxygen atoms in total. The first-order valence-electron chi connectivity index (χ1n) is 5.86. The molecule has 1 aromatic rings. The minimum absolute atomic E-state index is 0.215. The molecule has 1 heterocycles. The van der Waals surface area contributed by atoms with E-state index in [1.54, 1.807) is 19.1 Å². The van der Waals surface area contributed by atoms with Gasteiger partial charge in [0.25, 0.3) is 5.91 Å². The van der Waals surface area contributed by atoms with Gasteiger partial charge >= 0.3 is 0 Å². The van der Waals surface area contributed by atoms with Gasteiger partial charge in [-0.3, -0.25) is 9.59 Å². The maximum atomic E-state index is 11.9. The maximum Gasteiger partial charge on any atom is 0.262 e. The van der Waals surface area contributed by atoms with E-state index in [-0.39, 0.29) is 18.4 Å². The fourth-order valence-corrected chi connectivity index (χ4v) is 2.10. The smallest absolute Gasteiger partial charge is 0.262 e. The van der Waals surface area contributed by atoms with Crippen LogP contribution >= 0.6 is 11.3 Å². The van der Waals surface area contributed by atoms with Crippen molar-refractivity contribution in [3.05, 3.63) is 21.9 Å². The van der Waals surface area contributed by atoms with E-state index in [0.29, 0.717) is 16.3 Å². The summed E-state index contributed by atoms with van der Waals surface area (Å²) in [7, 11) is 0. The van der Waals surface area contributed by atoms with Crippen molar-refractivity contribution in [3.8, 4) is 11.8 Å². The molecule has 2 amide bonds. The van der Waals surface area contributed by atoms with Gasteiger partial charge in [-0.2, -0.15) is 0 Å². The van der Waals surface area contributed by atoms with Crippen molar-refractivity contribution < 1.29 is 14.7 Å². The Morgan fingerprint density at radius 2 is 2.21 bits per heavy atom. The van der Waals surface area contributed by atoms with Gasteiger partial charge in [0.2, 0.25) is 5.91 Å². The molecular formula is C13H16N2O3S. The molecule has 0 aliphatic heterocycles. The van der Waals surface area contributed by atoms with Crippen LogP contribution in [-0.4, -0.2) is 36.1 Å². The number of amides is 2. The van der Waals surface area contributed by atoms with Crippen LogP contribution in [0.5, 0.6) is 0 Å². The third kappa shape index (κ3) is 4.73. The summed E-state index contributed by atoms with van der Waals surface area (Å²) in [5.74, 6) is 4.72. The molecule has 0 fully saturated rings.